The van der Waals surface area contributed by atoms with Crippen molar-refractivity contribution in [1.82, 2.24) is 4.90 Å². The summed E-state index contributed by atoms with van der Waals surface area (Å²) in [6, 6.07) is 6.78. The summed E-state index contributed by atoms with van der Waals surface area (Å²) in [6.07, 6.45) is -0.596. The highest BCUT2D eigenvalue weighted by Crippen LogP contribution is 2.30. The molecule has 0 saturated carbocycles. The van der Waals surface area contributed by atoms with Gasteiger partial charge in [0.1, 0.15) is 17.5 Å². The molecule has 1 saturated heterocycles. The Balaban J connectivity index is 2.14. The number of phenolic OH excluding ortho intramolecular Hbond substituents is 1. The minimum absolute atomic E-state index is 0.157. The summed E-state index contributed by atoms with van der Waals surface area (Å²) >= 11 is 0. The first kappa shape index (κ1) is 15.6. The van der Waals surface area contributed by atoms with Crippen LogP contribution >= 0.6 is 0 Å². The second-order valence-corrected chi connectivity index (χ2v) is 6.30. The molecule has 0 aliphatic carbocycles. The smallest absolute Gasteiger partial charge is 0.410 e. The summed E-state index contributed by atoms with van der Waals surface area (Å²) in [4.78, 5) is 14.0. The fourth-order valence-electron chi connectivity index (χ4n) is 2.44. The highest BCUT2D eigenvalue weighted by Gasteiger charge is 2.35. The predicted octanol–water partition coefficient (Wildman–Crippen LogP) is 3.09. The van der Waals surface area contributed by atoms with E-state index in [1.165, 1.54) is 0 Å². The summed E-state index contributed by atoms with van der Waals surface area (Å²) in [7, 11) is 0. The highest BCUT2D eigenvalue weighted by molar-refractivity contribution is 5.68. The number of hydrogen-bond donors (Lipinski definition) is 1. The van der Waals surface area contributed by atoms with Crippen LogP contribution in [0.3, 0.4) is 0 Å². The van der Waals surface area contributed by atoms with Gasteiger partial charge in [-0.1, -0.05) is 12.1 Å². The number of carbonyl (C=O) groups excluding carboxylic acids is 1. The number of aromatic hydroxyl groups is 1. The Morgan fingerprint density at radius 1 is 1.43 bits per heavy atom. The molecule has 0 bridgehead atoms. The van der Waals surface area contributed by atoms with Gasteiger partial charge < -0.3 is 19.5 Å². The number of morpholine rings is 1. The Kier molecular flexibility index (Phi) is 4.42. The van der Waals surface area contributed by atoms with Crippen molar-refractivity contribution in [3.63, 3.8) is 0 Å². The molecule has 2 atom stereocenters. The van der Waals surface area contributed by atoms with Crippen molar-refractivity contribution in [3.8, 4) is 5.75 Å². The van der Waals surface area contributed by atoms with Gasteiger partial charge in [0.25, 0.3) is 0 Å². The monoisotopic (exact) mass is 293 g/mol. The third-order valence-electron chi connectivity index (χ3n) is 3.39. The zero-order valence-electron chi connectivity index (χ0n) is 13.0. The van der Waals surface area contributed by atoms with Gasteiger partial charge in [-0.3, -0.25) is 0 Å². The average molecular weight is 293 g/mol. The maximum absolute atomic E-state index is 12.3. The maximum Gasteiger partial charge on any atom is 0.410 e. The van der Waals surface area contributed by atoms with Crippen molar-refractivity contribution < 1.29 is 19.4 Å². The van der Waals surface area contributed by atoms with Gasteiger partial charge in [0.2, 0.25) is 0 Å². The fraction of sp³-hybridized carbons (Fsp3) is 0.562. The van der Waals surface area contributed by atoms with Crippen LogP contribution in [0.4, 0.5) is 4.79 Å². The molecule has 1 aliphatic heterocycles. The molecule has 1 amide bonds. The molecule has 21 heavy (non-hydrogen) atoms. The van der Waals surface area contributed by atoms with Crippen LogP contribution in [0.5, 0.6) is 5.75 Å². The fourth-order valence-corrected chi connectivity index (χ4v) is 2.44. The van der Waals surface area contributed by atoms with E-state index < -0.39 is 5.60 Å². The summed E-state index contributed by atoms with van der Waals surface area (Å²) in [5.74, 6) is 0.192. The molecule has 1 heterocycles. The number of benzene rings is 1. The van der Waals surface area contributed by atoms with E-state index in [9.17, 15) is 9.90 Å². The van der Waals surface area contributed by atoms with Gasteiger partial charge in [-0.15, -0.1) is 0 Å². The summed E-state index contributed by atoms with van der Waals surface area (Å²) in [5, 5.41) is 9.60. The van der Waals surface area contributed by atoms with E-state index in [2.05, 4.69) is 0 Å². The van der Waals surface area contributed by atoms with Crippen LogP contribution < -0.4 is 0 Å². The lowest BCUT2D eigenvalue weighted by atomic mass is 10.0. The van der Waals surface area contributed by atoms with E-state index in [0.29, 0.717) is 13.2 Å². The van der Waals surface area contributed by atoms with Gasteiger partial charge in [-0.25, -0.2) is 4.79 Å². The molecule has 2 rings (SSSR count). The van der Waals surface area contributed by atoms with Crippen LogP contribution in [-0.2, 0) is 9.47 Å². The Morgan fingerprint density at radius 3 is 2.76 bits per heavy atom. The van der Waals surface area contributed by atoms with Crippen molar-refractivity contribution in [1.29, 1.82) is 0 Å². The summed E-state index contributed by atoms with van der Waals surface area (Å²) in [5.41, 5.74) is 0.339. The maximum atomic E-state index is 12.3. The predicted molar refractivity (Wildman–Crippen MR) is 79.2 cm³/mol. The molecule has 1 fully saturated rings. The molecular weight excluding hydrogens is 270 g/mol. The second-order valence-electron chi connectivity index (χ2n) is 6.30. The van der Waals surface area contributed by atoms with Crippen molar-refractivity contribution in [3.05, 3.63) is 29.8 Å². The van der Waals surface area contributed by atoms with Gasteiger partial charge in [-0.2, -0.15) is 0 Å². The summed E-state index contributed by atoms with van der Waals surface area (Å²) in [6.45, 7) is 8.43. The van der Waals surface area contributed by atoms with Crippen LogP contribution in [0.1, 0.15) is 39.4 Å². The van der Waals surface area contributed by atoms with Crippen LogP contribution in [-0.4, -0.2) is 40.9 Å². The quantitative estimate of drug-likeness (QED) is 0.864. The number of ether oxygens (including phenoxy) is 2. The zero-order valence-corrected chi connectivity index (χ0v) is 13.0. The molecule has 0 radical (unpaired) electrons. The number of amides is 1. The standard InChI is InChI=1S/C16H23NO4/c1-11-14(12-6-5-7-13(18)10-12)20-9-8-17(11)15(19)21-16(2,3)4/h5-7,10-11,14,18H,8-9H2,1-4H3. The first-order valence-electron chi connectivity index (χ1n) is 7.18. The lowest BCUT2D eigenvalue weighted by Gasteiger charge is -2.40. The largest absolute Gasteiger partial charge is 0.508 e. The van der Waals surface area contributed by atoms with Crippen molar-refractivity contribution in [2.45, 2.75) is 45.4 Å². The number of phenols is 1. The highest BCUT2D eigenvalue weighted by atomic mass is 16.6. The van der Waals surface area contributed by atoms with E-state index in [1.54, 1.807) is 23.1 Å². The molecule has 5 heteroatoms. The number of rotatable bonds is 1. The second kappa shape index (κ2) is 5.93. The molecule has 5 nitrogen and oxygen atoms in total. The Hall–Kier alpha value is -1.75. The molecule has 116 valence electrons. The molecule has 0 aromatic heterocycles. The van der Waals surface area contributed by atoms with Gasteiger partial charge >= 0.3 is 6.09 Å². The molecule has 1 aliphatic rings. The van der Waals surface area contributed by atoms with Crippen LogP contribution in [0.25, 0.3) is 0 Å². The van der Waals surface area contributed by atoms with Crippen LogP contribution in [0.15, 0.2) is 24.3 Å². The van der Waals surface area contributed by atoms with E-state index in [-0.39, 0.29) is 24.0 Å². The van der Waals surface area contributed by atoms with E-state index in [1.807, 2.05) is 33.8 Å². The topological polar surface area (TPSA) is 59.0 Å². The molecular formula is C16H23NO4. The van der Waals surface area contributed by atoms with Gasteiger partial charge in [0, 0.05) is 6.54 Å². The Labute approximate surface area is 125 Å². The van der Waals surface area contributed by atoms with Crippen molar-refractivity contribution in [2.75, 3.05) is 13.2 Å². The lowest BCUT2D eigenvalue weighted by molar-refractivity contribution is -0.0724. The molecule has 1 aromatic carbocycles. The zero-order chi connectivity index (χ0) is 15.6. The van der Waals surface area contributed by atoms with E-state index in [4.69, 9.17) is 9.47 Å². The average Bonchev–Trinajstić information content (AvgIpc) is 2.36. The SMILES string of the molecule is CC1C(c2cccc(O)c2)OCCN1C(=O)OC(C)(C)C. The van der Waals surface area contributed by atoms with E-state index >= 15 is 0 Å². The third-order valence-corrected chi connectivity index (χ3v) is 3.39. The molecule has 1 N–H and O–H groups in total. The van der Waals surface area contributed by atoms with Gasteiger partial charge in [0.05, 0.1) is 12.6 Å². The molecule has 1 aromatic rings. The van der Waals surface area contributed by atoms with Crippen molar-refractivity contribution >= 4 is 6.09 Å². The normalized spacial score (nSPS) is 23.0. The van der Waals surface area contributed by atoms with Crippen LogP contribution in [0.2, 0.25) is 0 Å². The molecule has 0 spiro atoms. The van der Waals surface area contributed by atoms with Gasteiger partial charge in [-0.05, 0) is 45.4 Å². The number of carbonyl (C=O) groups is 1. The van der Waals surface area contributed by atoms with Crippen LogP contribution in [0, 0.1) is 0 Å². The minimum atomic E-state index is -0.518. The lowest BCUT2D eigenvalue weighted by Crippen LogP contribution is -2.50. The molecule has 2 unspecified atom stereocenters. The first-order chi connectivity index (χ1) is 9.78. The first-order valence-corrected chi connectivity index (χ1v) is 7.18. The minimum Gasteiger partial charge on any atom is -0.508 e. The Morgan fingerprint density at radius 2 is 2.14 bits per heavy atom. The number of hydrogen-bond acceptors (Lipinski definition) is 4. The number of nitrogens with zero attached hydrogens (tertiary/aromatic N) is 1. The van der Waals surface area contributed by atoms with Gasteiger partial charge in [0.15, 0.2) is 0 Å². The summed E-state index contributed by atoms with van der Waals surface area (Å²) < 4.78 is 11.2. The Bertz CT molecular complexity index is 509. The third kappa shape index (κ3) is 3.88. The van der Waals surface area contributed by atoms with Crippen molar-refractivity contribution in [2.24, 2.45) is 0 Å². The van der Waals surface area contributed by atoms with E-state index in [0.717, 1.165) is 5.56 Å².